The van der Waals surface area contributed by atoms with Crippen molar-refractivity contribution < 1.29 is 19.1 Å². The van der Waals surface area contributed by atoms with Crippen LogP contribution in [-0.2, 0) is 4.79 Å². The maximum absolute atomic E-state index is 11.6. The maximum Gasteiger partial charge on any atom is 0.371 e. The molecule has 0 aliphatic heterocycles. The van der Waals surface area contributed by atoms with Crippen molar-refractivity contribution in [3.05, 3.63) is 42.2 Å². The van der Waals surface area contributed by atoms with Gasteiger partial charge in [0.1, 0.15) is 5.76 Å². The highest BCUT2D eigenvalue weighted by Crippen LogP contribution is 2.29. The van der Waals surface area contributed by atoms with Gasteiger partial charge in [-0.15, -0.1) is 0 Å². The lowest BCUT2D eigenvalue weighted by Gasteiger charge is -2.12. The number of hydrogen-bond donors (Lipinski definition) is 3. The van der Waals surface area contributed by atoms with Crippen molar-refractivity contribution in [2.45, 2.75) is 19.8 Å². The monoisotopic (exact) mass is 332 g/mol. The van der Waals surface area contributed by atoms with Crippen LogP contribution >= 0.6 is 12.2 Å². The van der Waals surface area contributed by atoms with E-state index in [0.29, 0.717) is 23.4 Å². The molecule has 0 radical (unpaired) electrons. The Kier molecular flexibility index (Phi) is 5.48. The number of furan rings is 1. The lowest BCUT2D eigenvalue weighted by molar-refractivity contribution is -0.119. The molecule has 0 aliphatic carbocycles. The SMILES string of the molecule is CCCC(=O)NC(=S)Nc1ccccc1-c1ccc(C(=O)O)o1. The maximum atomic E-state index is 11.6. The van der Waals surface area contributed by atoms with Gasteiger partial charge >= 0.3 is 5.97 Å². The van der Waals surface area contributed by atoms with Gasteiger partial charge in [0, 0.05) is 12.0 Å². The number of anilines is 1. The minimum Gasteiger partial charge on any atom is -0.475 e. The number of aromatic carboxylic acids is 1. The van der Waals surface area contributed by atoms with E-state index < -0.39 is 5.97 Å². The Morgan fingerprint density at radius 1 is 1.22 bits per heavy atom. The van der Waals surface area contributed by atoms with Crippen LogP contribution in [-0.4, -0.2) is 22.1 Å². The van der Waals surface area contributed by atoms with Gasteiger partial charge in [0.2, 0.25) is 11.7 Å². The molecule has 23 heavy (non-hydrogen) atoms. The van der Waals surface area contributed by atoms with E-state index >= 15 is 0 Å². The molecule has 1 aromatic carbocycles. The molecule has 2 aromatic rings. The third-order valence-electron chi connectivity index (χ3n) is 2.99. The Morgan fingerprint density at radius 2 is 1.96 bits per heavy atom. The average molecular weight is 332 g/mol. The highest BCUT2D eigenvalue weighted by molar-refractivity contribution is 7.80. The predicted octanol–water partition coefficient (Wildman–Crippen LogP) is 3.26. The Labute approximate surface area is 138 Å². The van der Waals surface area contributed by atoms with Crippen molar-refractivity contribution in [3.8, 4) is 11.3 Å². The van der Waals surface area contributed by atoms with Crippen molar-refractivity contribution in [1.29, 1.82) is 0 Å². The van der Waals surface area contributed by atoms with Crippen molar-refractivity contribution in [2.75, 3.05) is 5.32 Å². The van der Waals surface area contributed by atoms with Gasteiger partial charge in [-0.25, -0.2) is 4.79 Å². The second kappa shape index (κ2) is 7.55. The lowest BCUT2D eigenvalue weighted by Crippen LogP contribution is -2.33. The van der Waals surface area contributed by atoms with Crippen molar-refractivity contribution in [3.63, 3.8) is 0 Å². The zero-order chi connectivity index (χ0) is 16.8. The molecule has 0 saturated heterocycles. The van der Waals surface area contributed by atoms with Crippen LogP contribution in [0.25, 0.3) is 11.3 Å². The largest absolute Gasteiger partial charge is 0.475 e. The number of rotatable bonds is 5. The molecule has 3 N–H and O–H groups in total. The smallest absolute Gasteiger partial charge is 0.371 e. The molecule has 6 nitrogen and oxygen atoms in total. The van der Waals surface area contributed by atoms with Gasteiger partial charge in [0.15, 0.2) is 5.11 Å². The molecule has 7 heteroatoms. The fraction of sp³-hybridized carbons (Fsp3) is 0.188. The second-order valence-corrected chi connectivity index (χ2v) is 5.18. The highest BCUT2D eigenvalue weighted by atomic mass is 32.1. The van der Waals surface area contributed by atoms with Gasteiger partial charge in [0.25, 0.3) is 0 Å². The van der Waals surface area contributed by atoms with Crippen LogP contribution in [0.3, 0.4) is 0 Å². The summed E-state index contributed by atoms with van der Waals surface area (Å²) >= 11 is 5.12. The van der Waals surface area contributed by atoms with Gasteiger partial charge in [0.05, 0.1) is 5.69 Å². The van der Waals surface area contributed by atoms with Crippen LogP contribution in [0, 0.1) is 0 Å². The third-order valence-corrected chi connectivity index (χ3v) is 3.19. The molecule has 0 bridgehead atoms. The summed E-state index contributed by atoms with van der Waals surface area (Å²) in [5.41, 5.74) is 1.26. The van der Waals surface area contributed by atoms with Gasteiger partial charge in [-0.3, -0.25) is 4.79 Å². The molecule has 2 rings (SSSR count). The summed E-state index contributed by atoms with van der Waals surface area (Å²) in [5, 5.41) is 14.6. The van der Waals surface area contributed by atoms with Gasteiger partial charge in [-0.1, -0.05) is 19.1 Å². The van der Waals surface area contributed by atoms with Crippen LogP contribution in [0.2, 0.25) is 0 Å². The fourth-order valence-electron chi connectivity index (χ4n) is 1.97. The van der Waals surface area contributed by atoms with Gasteiger partial charge in [-0.05, 0) is 42.9 Å². The summed E-state index contributed by atoms with van der Waals surface area (Å²) < 4.78 is 5.30. The summed E-state index contributed by atoms with van der Waals surface area (Å²) in [6.07, 6.45) is 1.12. The minimum absolute atomic E-state index is 0.145. The van der Waals surface area contributed by atoms with Crippen LogP contribution in [0.5, 0.6) is 0 Å². The number of thiocarbonyl (C=S) groups is 1. The number of hydrogen-bond acceptors (Lipinski definition) is 4. The highest BCUT2D eigenvalue weighted by Gasteiger charge is 2.14. The zero-order valence-corrected chi connectivity index (χ0v) is 13.3. The number of nitrogens with one attached hydrogen (secondary N) is 2. The Hall–Kier alpha value is -2.67. The first-order chi connectivity index (χ1) is 11.0. The molecule has 0 spiro atoms. The molecule has 1 amide bonds. The van der Waals surface area contributed by atoms with E-state index in [1.807, 2.05) is 6.92 Å². The number of carboxylic acids is 1. The molecular formula is C16H16N2O4S. The topological polar surface area (TPSA) is 91.6 Å². The van der Waals surface area contributed by atoms with E-state index in [-0.39, 0.29) is 16.8 Å². The summed E-state index contributed by atoms with van der Waals surface area (Å²) in [6.45, 7) is 1.91. The molecule has 1 heterocycles. The first kappa shape index (κ1) is 16.7. The summed E-state index contributed by atoms with van der Waals surface area (Å²) in [6, 6.07) is 10.1. The average Bonchev–Trinajstić information content (AvgIpc) is 2.97. The van der Waals surface area contributed by atoms with Crippen molar-refractivity contribution >= 4 is 34.9 Å². The first-order valence-electron chi connectivity index (χ1n) is 7.04. The summed E-state index contributed by atoms with van der Waals surface area (Å²) in [5.74, 6) is -1.04. The molecule has 0 atom stereocenters. The van der Waals surface area contributed by atoms with E-state index in [2.05, 4.69) is 10.6 Å². The van der Waals surface area contributed by atoms with Crippen molar-refractivity contribution in [2.24, 2.45) is 0 Å². The normalized spacial score (nSPS) is 10.1. The van der Waals surface area contributed by atoms with Crippen LogP contribution < -0.4 is 10.6 Å². The van der Waals surface area contributed by atoms with Crippen molar-refractivity contribution in [1.82, 2.24) is 5.32 Å². The molecule has 0 aliphatic rings. The number of benzene rings is 1. The standard InChI is InChI=1S/C16H16N2O4S/c1-2-5-14(19)18-16(23)17-11-7-4-3-6-10(11)12-8-9-13(22-12)15(20)21/h3-4,6-9H,2,5H2,1H3,(H,20,21)(H2,17,18,19,23). The summed E-state index contributed by atoms with van der Waals surface area (Å²) in [7, 11) is 0. The van der Waals surface area contributed by atoms with Crippen LogP contribution in [0.15, 0.2) is 40.8 Å². The molecular weight excluding hydrogens is 316 g/mol. The Balaban J connectivity index is 2.18. The number of carbonyl (C=O) groups excluding carboxylic acids is 1. The number of amides is 1. The second-order valence-electron chi connectivity index (χ2n) is 4.77. The third kappa shape index (κ3) is 4.40. The summed E-state index contributed by atoms with van der Waals surface area (Å²) in [4.78, 5) is 22.5. The predicted molar refractivity (Wildman–Crippen MR) is 90.4 cm³/mol. The van der Waals surface area contributed by atoms with E-state index in [9.17, 15) is 9.59 Å². The Bertz CT molecular complexity index is 739. The number of carbonyl (C=O) groups is 2. The molecule has 1 aromatic heterocycles. The lowest BCUT2D eigenvalue weighted by atomic mass is 10.1. The number of carboxylic acid groups (broad SMARTS) is 1. The van der Waals surface area contributed by atoms with Crippen LogP contribution in [0.4, 0.5) is 5.69 Å². The van der Waals surface area contributed by atoms with E-state index in [0.717, 1.165) is 6.42 Å². The van der Waals surface area contributed by atoms with E-state index in [4.69, 9.17) is 21.7 Å². The van der Waals surface area contributed by atoms with Crippen LogP contribution in [0.1, 0.15) is 30.3 Å². The quantitative estimate of drug-likeness (QED) is 0.728. The Morgan fingerprint density at radius 3 is 2.61 bits per heavy atom. The molecule has 0 fully saturated rings. The molecule has 120 valence electrons. The zero-order valence-electron chi connectivity index (χ0n) is 12.5. The molecule has 0 saturated carbocycles. The van der Waals surface area contributed by atoms with Gasteiger partial charge in [-0.2, -0.15) is 0 Å². The van der Waals surface area contributed by atoms with E-state index in [1.54, 1.807) is 30.3 Å². The fourth-order valence-corrected chi connectivity index (χ4v) is 2.20. The first-order valence-corrected chi connectivity index (χ1v) is 7.45. The number of para-hydroxylation sites is 1. The van der Waals surface area contributed by atoms with E-state index in [1.165, 1.54) is 6.07 Å². The minimum atomic E-state index is -1.14. The van der Waals surface area contributed by atoms with Gasteiger partial charge < -0.3 is 20.2 Å². The molecule has 0 unspecified atom stereocenters.